The minimum atomic E-state index is -3.58. The fourth-order valence-corrected chi connectivity index (χ4v) is 4.20. The minimum absolute atomic E-state index is 0.163. The first-order chi connectivity index (χ1) is 12.4. The van der Waals surface area contributed by atoms with Gasteiger partial charge >= 0.3 is 6.03 Å². The summed E-state index contributed by atoms with van der Waals surface area (Å²) in [6, 6.07) is 2.30. The van der Waals surface area contributed by atoms with Gasteiger partial charge in [-0.05, 0) is 31.9 Å². The lowest BCUT2D eigenvalue weighted by atomic mass is 10.2. The van der Waals surface area contributed by atoms with Gasteiger partial charge in [-0.1, -0.05) is 0 Å². The highest BCUT2D eigenvalue weighted by Crippen LogP contribution is 2.19. The second kappa shape index (κ2) is 7.68. The van der Waals surface area contributed by atoms with Gasteiger partial charge in [0.1, 0.15) is 4.90 Å². The molecule has 1 saturated carbocycles. The molecule has 1 aliphatic heterocycles. The summed E-state index contributed by atoms with van der Waals surface area (Å²) in [6.45, 7) is 3.11. The van der Waals surface area contributed by atoms with Crippen molar-refractivity contribution in [1.82, 2.24) is 24.8 Å². The van der Waals surface area contributed by atoms with E-state index in [1.807, 2.05) is 4.90 Å². The Balaban J connectivity index is 1.52. The van der Waals surface area contributed by atoms with Gasteiger partial charge in [0.15, 0.2) is 0 Å². The summed E-state index contributed by atoms with van der Waals surface area (Å²) in [5, 5.41) is 5.05. The first-order valence-corrected chi connectivity index (χ1v) is 10.1. The molecule has 3 rings (SSSR count). The van der Waals surface area contributed by atoms with E-state index < -0.39 is 22.1 Å². The smallest absolute Gasteiger partial charge is 0.321 e. The molecular weight excluding hydrogens is 358 g/mol. The highest BCUT2D eigenvalue weighted by Gasteiger charge is 2.32. The van der Waals surface area contributed by atoms with Crippen molar-refractivity contribution in [1.29, 1.82) is 0 Å². The fraction of sp³-hybridized carbons (Fsp3) is 0.562. The molecule has 0 spiro atoms. The largest absolute Gasteiger partial charge is 0.335 e. The number of pyridine rings is 1. The van der Waals surface area contributed by atoms with E-state index in [0.717, 1.165) is 12.8 Å². The van der Waals surface area contributed by atoms with Crippen LogP contribution in [0.4, 0.5) is 4.79 Å². The van der Waals surface area contributed by atoms with Gasteiger partial charge in [0.05, 0.1) is 6.04 Å². The van der Waals surface area contributed by atoms with E-state index in [4.69, 9.17) is 0 Å². The minimum Gasteiger partial charge on any atom is -0.335 e. The standard InChI is InChI=1S/C16H23N5O4S/c1-12(15(22)19-16(23)18-13-4-5-13)20-7-9-21(10-8-20)26(24,25)14-3-2-6-17-11-14/h2-3,6,11-13H,4-5,7-10H2,1H3,(H2,18,19,22,23). The van der Waals surface area contributed by atoms with E-state index in [0.29, 0.717) is 13.1 Å². The van der Waals surface area contributed by atoms with Crippen LogP contribution in [0.15, 0.2) is 29.4 Å². The number of amides is 3. The topological polar surface area (TPSA) is 112 Å². The second-order valence-electron chi connectivity index (χ2n) is 6.54. The predicted molar refractivity (Wildman–Crippen MR) is 93.7 cm³/mol. The predicted octanol–water partition coefficient (Wildman–Crippen LogP) is -0.235. The highest BCUT2D eigenvalue weighted by molar-refractivity contribution is 7.89. The Bertz CT molecular complexity index is 758. The van der Waals surface area contributed by atoms with Gasteiger partial charge in [-0.25, -0.2) is 13.2 Å². The second-order valence-corrected chi connectivity index (χ2v) is 8.48. The lowest BCUT2D eigenvalue weighted by Gasteiger charge is -2.36. The molecule has 10 heteroatoms. The molecule has 0 bridgehead atoms. The van der Waals surface area contributed by atoms with Crippen LogP contribution in [0.1, 0.15) is 19.8 Å². The Morgan fingerprint density at radius 3 is 2.50 bits per heavy atom. The van der Waals surface area contributed by atoms with Gasteiger partial charge in [0, 0.05) is 44.6 Å². The zero-order valence-electron chi connectivity index (χ0n) is 14.6. The number of urea groups is 1. The van der Waals surface area contributed by atoms with Crippen molar-refractivity contribution in [2.75, 3.05) is 26.2 Å². The van der Waals surface area contributed by atoms with Crippen LogP contribution in [0.25, 0.3) is 0 Å². The summed E-state index contributed by atoms with van der Waals surface area (Å²) in [4.78, 5) is 29.8. The first kappa shape index (κ1) is 18.7. The van der Waals surface area contributed by atoms with Crippen LogP contribution in [-0.2, 0) is 14.8 Å². The van der Waals surface area contributed by atoms with Crippen LogP contribution in [0.5, 0.6) is 0 Å². The number of nitrogens with one attached hydrogen (secondary N) is 2. The van der Waals surface area contributed by atoms with Crippen molar-refractivity contribution in [3.63, 3.8) is 0 Å². The molecule has 1 aromatic rings. The monoisotopic (exact) mass is 381 g/mol. The molecule has 2 N–H and O–H groups in total. The fourth-order valence-electron chi connectivity index (χ4n) is 2.81. The molecular formula is C16H23N5O4S. The number of imide groups is 1. The number of sulfonamides is 1. The van der Waals surface area contributed by atoms with Gasteiger partial charge in [-0.15, -0.1) is 0 Å². The van der Waals surface area contributed by atoms with Crippen LogP contribution in [0.2, 0.25) is 0 Å². The summed E-state index contributed by atoms with van der Waals surface area (Å²) in [6.07, 6.45) is 4.75. The van der Waals surface area contributed by atoms with Crippen molar-refractivity contribution in [3.8, 4) is 0 Å². The quantitative estimate of drug-likeness (QED) is 0.728. The van der Waals surface area contributed by atoms with Crippen LogP contribution >= 0.6 is 0 Å². The van der Waals surface area contributed by atoms with Crippen LogP contribution in [0.3, 0.4) is 0 Å². The maximum Gasteiger partial charge on any atom is 0.321 e. The summed E-state index contributed by atoms with van der Waals surface area (Å²) < 4.78 is 26.6. The van der Waals surface area contributed by atoms with E-state index in [2.05, 4.69) is 15.6 Å². The molecule has 1 unspecified atom stereocenters. The Kier molecular flexibility index (Phi) is 5.54. The molecule has 1 saturated heterocycles. The van der Waals surface area contributed by atoms with Gasteiger partial charge in [-0.2, -0.15) is 4.31 Å². The number of rotatable bonds is 5. The van der Waals surface area contributed by atoms with Crippen molar-refractivity contribution in [3.05, 3.63) is 24.5 Å². The van der Waals surface area contributed by atoms with Gasteiger partial charge in [-0.3, -0.25) is 20.0 Å². The van der Waals surface area contributed by atoms with Crippen LogP contribution < -0.4 is 10.6 Å². The lowest BCUT2D eigenvalue weighted by Crippen LogP contribution is -2.56. The molecule has 9 nitrogen and oxygen atoms in total. The van der Waals surface area contributed by atoms with Gasteiger partial charge in [0.25, 0.3) is 0 Å². The number of carbonyl (C=O) groups is 2. The van der Waals surface area contributed by atoms with Crippen molar-refractivity contribution in [2.45, 2.75) is 36.7 Å². The number of hydrogen-bond donors (Lipinski definition) is 2. The first-order valence-electron chi connectivity index (χ1n) is 8.63. The molecule has 1 atom stereocenters. The van der Waals surface area contributed by atoms with Crippen molar-refractivity contribution >= 4 is 22.0 Å². The van der Waals surface area contributed by atoms with E-state index in [1.165, 1.54) is 22.8 Å². The Labute approximate surface area is 152 Å². The van der Waals surface area contributed by atoms with E-state index >= 15 is 0 Å². The Morgan fingerprint density at radius 2 is 1.92 bits per heavy atom. The number of nitrogens with zero attached hydrogens (tertiary/aromatic N) is 3. The van der Waals surface area contributed by atoms with Gasteiger partial charge in [0.2, 0.25) is 15.9 Å². The molecule has 2 aliphatic rings. The Morgan fingerprint density at radius 1 is 1.23 bits per heavy atom. The summed E-state index contributed by atoms with van der Waals surface area (Å²) in [5.41, 5.74) is 0. The maximum absolute atomic E-state index is 12.6. The maximum atomic E-state index is 12.6. The van der Waals surface area contributed by atoms with Gasteiger partial charge < -0.3 is 5.32 Å². The average molecular weight is 381 g/mol. The summed E-state index contributed by atoms with van der Waals surface area (Å²) >= 11 is 0. The SMILES string of the molecule is CC(C(=O)NC(=O)NC1CC1)N1CCN(S(=O)(=O)c2cccnc2)CC1. The highest BCUT2D eigenvalue weighted by atomic mass is 32.2. The van der Waals surface area contributed by atoms with Crippen molar-refractivity contribution in [2.24, 2.45) is 0 Å². The molecule has 2 fully saturated rings. The molecule has 1 aromatic heterocycles. The molecule has 0 radical (unpaired) electrons. The lowest BCUT2D eigenvalue weighted by molar-refractivity contribution is -0.125. The van der Waals surface area contributed by atoms with E-state index in [9.17, 15) is 18.0 Å². The molecule has 26 heavy (non-hydrogen) atoms. The zero-order chi connectivity index (χ0) is 18.7. The Hall–Kier alpha value is -2.04. The number of aromatic nitrogens is 1. The van der Waals surface area contributed by atoms with Crippen LogP contribution in [0, 0.1) is 0 Å². The number of hydrogen-bond acceptors (Lipinski definition) is 6. The molecule has 2 heterocycles. The zero-order valence-corrected chi connectivity index (χ0v) is 15.4. The third kappa shape index (κ3) is 4.37. The van der Waals surface area contributed by atoms with E-state index in [1.54, 1.807) is 13.0 Å². The molecule has 0 aromatic carbocycles. The average Bonchev–Trinajstić information content (AvgIpc) is 3.45. The van der Waals surface area contributed by atoms with Crippen molar-refractivity contribution < 1.29 is 18.0 Å². The van der Waals surface area contributed by atoms with Crippen LogP contribution in [-0.4, -0.2) is 72.8 Å². The molecule has 1 aliphatic carbocycles. The normalized spacial score (nSPS) is 20.3. The summed E-state index contributed by atoms with van der Waals surface area (Å²) in [5.74, 6) is -0.383. The number of piperazine rings is 1. The third-order valence-corrected chi connectivity index (χ3v) is 6.50. The molecule has 3 amide bonds. The van der Waals surface area contributed by atoms with E-state index in [-0.39, 0.29) is 29.9 Å². The molecule has 142 valence electrons. The number of carbonyl (C=O) groups excluding carboxylic acids is 2. The summed E-state index contributed by atoms with van der Waals surface area (Å²) in [7, 11) is -3.58. The third-order valence-electron chi connectivity index (χ3n) is 4.62.